The summed E-state index contributed by atoms with van der Waals surface area (Å²) in [6.07, 6.45) is 1.71. The zero-order valence-electron chi connectivity index (χ0n) is 17.4. The molecule has 3 rings (SSSR count). The normalized spacial score (nSPS) is 15.6. The molecule has 1 aromatic carbocycles. The van der Waals surface area contributed by atoms with Crippen molar-refractivity contribution in [1.82, 2.24) is 10.3 Å². The van der Waals surface area contributed by atoms with Crippen LogP contribution in [0.25, 0.3) is 11.1 Å². The van der Waals surface area contributed by atoms with Gasteiger partial charge in [-0.3, -0.25) is 9.59 Å². The van der Waals surface area contributed by atoms with Crippen LogP contribution in [-0.2, 0) is 14.3 Å². The Hall–Kier alpha value is -3.13. The van der Waals surface area contributed by atoms with Gasteiger partial charge in [0, 0.05) is 24.4 Å². The number of carbonyl (C=O) groups excluding carboxylic acids is 3. The van der Waals surface area contributed by atoms with Gasteiger partial charge in [-0.15, -0.1) is 0 Å². The molecule has 1 atom stereocenters. The number of amides is 1. The highest BCUT2D eigenvalue weighted by molar-refractivity contribution is 6.43. The van der Waals surface area contributed by atoms with Crippen LogP contribution in [0.2, 0.25) is 0 Å². The number of hydrogen-bond acceptors (Lipinski definition) is 6. The number of H-pyrrole nitrogens is 1. The van der Waals surface area contributed by atoms with E-state index in [-0.39, 0.29) is 30.5 Å². The summed E-state index contributed by atoms with van der Waals surface area (Å²) in [7, 11) is 1.55. The van der Waals surface area contributed by atoms with Crippen LogP contribution in [0.4, 0.5) is 0 Å². The molecule has 2 heterocycles. The van der Waals surface area contributed by atoms with Gasteiger partial charge in [-0.2, -0.15) is 0 Å². The maximum absolute atomic E-state index is 13.0. The number of rotatable bonds is 8. The second-order valence-electron chi connectivity index (χ2n) is 7.00. The van der Waals surface area contributed by atoms with Crippen molar-refractivity contribution in [3.63, 3.8) is 0 Å². The molecule has 1 fully saturated rings. The highest BCUT2D eigenvalue weighted by Crippen LogP contribution is 2.32. The lowest BCUT2D eigenvalue weighted by Crippen LogP contribution is -2.36. The Bertz CT molecular complexity index is 926. The molecular formula is C22H26N2O6. The quantitative estimate of drug-likeness (QED) is 0.391. The molecule has 0 saturated carbocycles. The number of hydrogen-bond donors (Lipinski definition) is 2. The van der Waals surface area contributed by atoms with E-state index in [9.17, 15) is 14.4 Å². The third kappa shape index (κ3) is 4.54. The fraction of sp³-hybridized carbons (Fsp3) is 0.409. The summed E-state index contributed by atoms with van der Waals surface area (Å²) < 4.78 is 15.8. The Labute approximate surface area is 174 Å². The Kier molecular flexibility index (Phi) is 6.89. The Morgan fingerprint density at radius 3 is 2.57 bits per heavy atom. The van der Waals surface area contributed by atoms with Crippen LogP contribution >= 0.6 is 0 Å². The molecule has 0 spiro atoms. The number of benzene rings is 1. The summed E-state index contributed by atoms with van der Waals surface area (Å²) >= 11 is 0. The lowest BCUT2D eigenvalue weighted by Gasteiger charge is -2.11. The van der Waals surface area contributed by atoms with Crippen molar-refractivity contribution in [3.8, 4) is 16.9 Å². The molecule has 2 N–H and O–H groups in total. The van der Waals surface area contributed by atoms with E-state index >= 15 is 0 Å². The predicted octanol–water partition coefficient (Wildman–Crippen LogP) is 2.65. The minimum Gasteiger partial charge on any atom is -0.497 e. The van der Waals surface area contributed by atoms with E-state index in [4.69, 9.17) is 14.2 Å². The zero-order valence-corrected chi connectivity index (χ0v) is 17.4. The standard InChI is InChI=1S/C22H26N2O6/c1-4-29-22(27)17-13(2)24-19(18(17)14-7-9-15(28-3)10-8-14)20(25)21(26)23-12-16-6-5-11-30-16/h7-10,16,24H,4-6,11-12H2,1-3H3,(H,23,26)/t16-/m1/s1. The van der Waals surface area contributed by atoms with Crippen LogP contribution < -0.4 is 10.1 Å². The fourth-order valence-electron chi connectivity index (χ4n) is 3.51. The second-order valence-corrected chi connectivity index (χ2v) is 7.00. The molecule has 0 aliphatic carbocycles. The number of nitrogens with one attached hydrogen (secondary N) is 2. The summed E-state index contributed by atoms with van der Waals surface area (Å²) in [4.78, 5) is 41.0. The van der Waals surface area contributed by atoms with Crippen molar-refractivity contribution >= 4 is 17.7 Å². The maximum atomic E-state index is 13.0. The molecule has 1 aliphatic rings. The summed E-state index contributed by atoms with van der Waals surface area (Å²) in [5.41, 5.74) is 1.67. The fourth-order valence-corrected chi connectivity index (χ4v) is 3.51. The van der Waals surface area contributed by atoms with Gasteiger partial charge in [0.2, 0.25) is 0 Å². The maximum Gasteiger partial charge on any atom is 0.340 e. The minimum absolute atomic E-state index is 0.0468. The Morgan fingerprint density at radius 2 is 1.97 bits per heavy atom. The van der Waals surface area contributed by atoms with Crippen molar-refractivity contribution in [1.29, 1.82) is 0 Å². The number of esters is 1. The smallest absolute Gasteiger partial charge is 0.340 e. The average molecular weight is 414 g/mol. The lowest BCUT2D eigenvalue weighted by molar-refractivity contribution is -0.117. The molecule has 0 unspecified atom stereocenters. The minimum atomic E-state index is -0.753. The molecule has 0 radical (unpaired) electrons. The van der Waals surface area contributed by atoms with Gasteiger partial charge in [-0.05, 0) is 44.4 Å². The number of methoxy groups -OCH3 is 1. The Morgan fingerprint density at radius 1 is 1.23 bits per heavy atom. The van der Waals surface area contributed by atoms with Crippen LogP contribution in [0.15, 0.2) is 24.3 Å². The predicted molar refractivity (Wildman–Crippen MR) is 110 cm³/mol. The first kappa shape index (κ1) is 21.6. The number of Topliss-reactive ketones (excluding diaryl/α,β-unsaturated/α-hetero) is 1. The van der Waals surface area contributed by atoms with Gasteiger partial charge in [0.25, 0.3) is 11.7 Å². The second kappa shape index (κ2) is 9.58. The van der Waals surface area contributed by atoms with Crippen LogP contribution in [0, 0.1) is 6.92 Å². The third-order valence-electron chi connectivity index (χ3n) is 4.99. The number of ketones is 1. The van der Waals surface area contributed by atoms with E-state index < -0.39 is 17.7 Å². The van der Waals surface area contributed by atoms with Crippen LogP contribution in [0.3, 0.4) is 0 Å². The van der Waals surface area contributed by atoms with Crippen LogP contribution in [0.1, 0.15) is 46.3 Å². The molecule has 160 valence electrons. The van der Waals surface area contributed by atoms with Gasteiger partial charge in [0.15, 0.2) is 0 Å². The number of aryl methyl sites for hydroxylation is 1. The molecule has 30 heavy (non-hydrogen) atoms. The van der Waals surface area contributed by atoms with Crippen LogP contribution in [-0.4, -0.2) is 55.6 Å². The molecule has 1 aliphatic heterocycles. The van der Waals surface area contributed by atoms with E-state index in [1.165, 1.54) is 0 Å². The van der Waals surface area contributed by atoms with Crippen molar-refractivity contribution in [3.05, 3.63) is 41.2 Å². The SMILES string of the molecule is CCOC(=O)c1c(C)[nH]c(C(=O)C(=O)NC[C@H]2CCCO2)c1-c1ccc(OC)cc1. The molecule has 1 aromatic heterocycles. The summed E-state index contributed by atoms with van der Waals surface area (Å²) in [6, 6.07) is 6.90. The van der Waals surface area contributed by atoms with Crippen molar-refractivity contribution in [2.24, 2.45) is 0 Å². The number of aromatic nitrogens is 1. The molecular weight excluding hydrogens is 388 g/mol. The summed E-state index contributed by atoms with van der Waals surface area (Å²) in [5, 5.41) is 2.63. The zero-order chi connectivity index (χ0) is 21.7. The molecule has 1 saturated heterocycles. The topological polar surface area (TPSA) is 107 Å². The first-order valence-electron chi connectivity index (χ1n) is 9.94. The monoisotopic (exact) mass is 414 g/mol. The van der Waals surface area contributed by atoms with Gasteiger partial charge < -0.3 is 24.5 Å². The number of aromatic amines is 1. The van der Waals surface area contributed by atoms with Gasteiger partial charge >= 0.3 is 5.97 Å². The van der Waals surface area contributed by atoms with E-state index in [0.717, 1.165) is 12.8 Å². The van der Waals surface area contributed by atoms with Crippen LogP contribution in [0.5, 0.6) is 5.75 Å². The van der Waals surface area contributed by atoms with Crippen molar-refractivity contribution < 1.29 is 28.6 Å². The molecule has 0 bridgehead atoms. The van der Waals surface area contributed by atoms with E-state index in [0.29, 0.717) is 29.2 Å². The van der Waals surface area contributed by atoms with E-state index in [2.05, 4.69) is 10.3 Å². The first-order valence-corrected chi connectivity index (χ1v) is 9.94. The highest BCUT2D eigenvalue weighted by Gasteiger charge is 2.30. The summed E-state index contributed by atoms with van der Waals surface area (Å²) in [6.45, 7) is 4.50. The lowest BCUT2D eigenvalue weighted by atomic mass is 9.98. The number of carbonyl (C=O) groups is 3. The van der Waals surface area contributed by atoms with Crippen molar-refractivity contribution in [2.45, 2.75) is 32.8 Å². The average Bonchev–Trinajstić information content (AvgIpc) is 3.39. The van der Waals surface area contributed by atoms with Gasteiger partial charge in [0.05, 0.1) is 25.4 Å². The largest absolute Gasteiger partial charge is 0.497 e. The van der Waals surface area contributed by atoms with Crippen molar-refractivity contribution in [2.75, 3.05) is 26.9 Å². The Balaban J connectivity index is 1.95. The van der Waals surface area contributed by atoms with Gasteiger partial charge in [0.1, 0.15) is 11.4 Å². The molecule has 8 heteroatoms. The molecule has 2 aromatic rings. The van der Waals surface area contributed by atoms with E-state index in [1.807, 2.05) is 0 Å². The van der Waals surface area contributed by atoms with Gasteiger partial charge in [-0.1, -0.05) is 12.1 Å². The third-order valence-corrected chi connectivity index (χ3v) is 4.99. The highest BCUT2D eigenvalue weighted by atomic mass is 16.5. The molecule has 8 nitrogen and oxygen atoms in total. The first-order chi connectivity index (χ1) is 14.5. The summed E-state index contributed by atoms with van der Waals surface area (Å²) in [5.74, 6) is -1.43. The molecule has 1 amide bonds. The van der Waals surface area contributed by atoms with Gasteiger partial charge in [-0.25, -0.2) is 4.79 Å². The van der Waals surface area contributed by atoms with E-state index in [1.54, 1.807) is 45.2 Å². The number of ether oxygens (including phenoxy) is 3.